The van der Waals surface area contributed by atoms with Gasteiger partial charge in [-0.25, -0.2) is 17.6 Å². The average Bonchev–Trinajstić information content (AvgIpc) is 3.29. The van der Waals surface area contributed by atoms with Crippen molar-refractivity contribution in [2.45, 2.75) is 12.3 Å². The number of rotatable bonds is 3. The first-order valence-corrected chi connectivity index (χ1v) is 6.67. The maximum Gasteiger partial charge on any atom is 0.228 e. The van der Waals surface area contributed by atoms with Crippen molar-refractivity contribution in [1.82, 2.24) is 0 Å². The highest BCUT2D eigenvalue weighted by molar-refractivity contribution is 5.95. The third-order valence-electron chi connectivity index (χ3n) is 3.72. The minimum absolute atomic E-state index is 0.0750. The summed E-state index contributed by atoms with van der Waals surface area (Å²) in [4.78, 5) is 12.0. The molecule has 0 heterocycles. The van der Waals surface area contributed by atoms with Crippen molar-refractivity contribution in [1.29, 1.82) is 0 Å². The molecule has 0 aliphatic heterocycles. The van der Waals surface area contributed by atoms with Crippen LogP contribution in [0, 0.1) is 29.2 Å². The fourth-order valence-electron chi connectivity index (χ4n) is 2.41. The Bertz CT molecular complexity index is 730. The van der Waals surface area contributed by atoms with E-state index in [-0.39, 0.29) is 11.7 Å². The topological polar surface area (TPSA) is 29.1 Å². The molecule has 0 spiro atoms. The van der Waals surface area contributed by atoms with Crippen LogP contribution < -0.4 is 5.32 Å². The second-order valence-corrected chi connectivity index (χ2v) is 5.21. The Hall–Kier alpha value is -2.37. The summed E-state index contributed by atoms with van der Waals surface area (Å²) in [5, 5.41) is 2.26. The maximum atomic E-state index is 13.5. The van der Waals surface area contributed by atoms with Crippen LogP contribution >= 0.6 is 0 Å². The van der Waals surface area contributed by atoms with Gasteiger partial charge in [0.25, 0.3) is 0 Å². The molecule has 2 atom stereocenters. The molecule has 1 saturated carbocycles. The SMILES string of the molecule is O=C(Nc1ccc(F)c(F)c1F)C1CC1c1ccc(F)cc1. The first-order valence-electron chi connectivity index (χ1n) is 6.67. The molecule has 2 aromatic rings. The largest absolute Gasteiger partial charge is 0.323 e. The van der Waals surface area contributed by atoms with Gasteiger partial charge >= 0.3 is 0 Å². The molecule has 1 amide bonds. The van der Waals surface area contributed by atoms with Crippen LogP contribution in [0.5, 0.6) is 0 Å². The molecule has 0 bridgehead atoms. The molecule has 22 heavy (non-hydrogen) atoms. The lowest BCUT2D eigenvalue weighted by molar-refractivity contribution is -0.117. The molecule has 1 aliphatic rings. The third kappa shape index (κ3) is 2.68. The van der Waals surface area contributed by atoms with Gasteiger partial charge in [-0.3, -0.25) is 4.79 Å². The second kappa shape index (κ2) is 5.44. The Morgan fingerprint density at radius 2 is 1.64 bits per heavy atom. The number of carbonyl (C=O) groups excluding carboxylic acids is 1. The van der Waals surface area contributed by atoms with Crippen molar-refractivity contribution in [3.8, 4) is 0 Å². The summed E-state index contributed by atoms with van der Waals surface area (Å²) < 4.78 is 52.3. The quantitative estimate of drug-likeness (QED) is 0.674. The molecule has 1 N–H and O–H groups in total. The highest BCUT2D eigenvalue weighted by Crippen LogP contribution is 2.48. The molecular weight excluding hydrogens is 298 g/mol. The molecule has 2 unspecified atom stereocenters. The summed E-state index contributed by atoms with van der Waals surface area (Å²) in [7, 11) is 0. The van der Waals surface area contributed by atoms with Gasteiger partial charge in [-0.2, -0.15) is 0 Å². The van der Waals surface area contributed by atoms with Crippen molar-refractivity contribution in [2.24, 2.45) is 5.92 Å². The second-order valence-electron chi connectivity index (χ2n) is 5.21. The number of hydrogen-bond donors (Lipinski definition) is 1. The molecule has 0 aromatic heterocycles. The average molecular weight is 309 g/mol. The summed E-state index contributed by atoms with van der Waals surface area (Å²) in [6.07, 6.45) is 0.544. The fourth-order valence-corrected chi connectivity index (χ4v) is 2.41. The van der Waals surface area contributed by atoms with E-state index in [1.165, 1.54) is 12.1 Å². The highest BCUT2D eigenvalue weighted by atomic mass is 19.2. The van der Waals surface area contributed by atoms with E-state index in [9.17, 15) is 22.4 Å². The zero-order valence-electron chi connectivity index (χ0n) is 11.2. The Kier molecular flexibility index (Phi) is 3.60. The van der Waals surface area contributed by atoms with Crippen molar-refractivity contribution in [2.75, 3.05) is 5.32 Å². The molecule has 1 fully saturated rings. The zero-order valence-corrected chi connectivity index (χ0v) is 11.2. The van der Waals surface area contributed by atoms with Crippen LogP contribution in [0.1, 0.15) is 17.9 Å². The van der Waals surface area contributed by atoms with E-state index >= 15 is 0 Å². The first-order chi connectivity index (χ1) is 10.5. The van der Waals surface area contributed by atoms with Gasteiger partial charge < -0.3 is 5.32 Å². The van der Waals surface area contributed by atoms with Crippen LogP contribution in [0.15, 0.2) is 36.4 Å². The lowest BCUT2D eigenvalue weighted by Crippen LogP contribution is -2.16. The maximum absolute atomic E-state index is 13.5. The van der Waals surface area contributed by atoms with Crippen molar-refractivity contribution in [3.63, 3.8) is 0 Å². The predicted octanol–water partition coefficient (Wildman–Crippen LogP) is 3.99. The van der Waals surface area contributed by atoms with Crippen LogP contribution in [-0.4, -0.2) is 5.91 Å². The molecule has 1 aliphatic carbocycles. The molecule has 2 nitrogen and oxygen atoms in total. The van der Waals surface area contributed by atoms with E-state index in [2.05, 4.69) is 5.32 Å². The van der Waals surface area contributed by atoms with E-state index in [0.717, 1.165) is 17.7 Å². The summed E-state index contributed by atoms with van der Waals surface area (Å²) in [6.45, 7) is 0. The number of nitrogens with one attached hydrogen (secondary N) is 1. The summed E-state index contributed by atoms with van der Waals surface area (Å²) in [5.41, 5.74) is 0.418. The Morgan fingerprint density at radius 3 is 2.32 bits per heavy atom. The normalized spacial score (nSPS) is 19.8. The standard InChI is InChI=1S/C16H11F4NO/c17-9-3-1-8(2-4-9)10-7-11(10)16(22)21-13-6-5-12(18)14(19)15(13)20/h1-6,10-11H,7H2,(H,21,22). The van der Waals surface area contributed by atoms with Crippen LogP contribution in [-0.2, 0) is 4.79 Å². The van der Waals surface area contributed by atoms with Gasteiger partial charge in [0.15, 0.2) is 17.5 Å². The van der Waals surface area contributed by atoms with Gasteiger partial charge in [-0.05, 0) is 42.2 Å². The van der Waals surface area contributed by atoms with Gasteiger partial charge in [-0.1, -0.05) is 12.1 Å². The molecular formula is C16H11F4NO. The Labute approximate surface area is 123 Å². The predicted molar refractivity (Wildman–Crippen MR) is 72.2 cm³/mol. The highest BCUT2D eigenvalue weighted by Gasteiger charge is 2.44. The summed E-state index contributed by atoms with van der Waals surface area (Å²) in [5.74, 6) is -5.66. The molecule has 114 valence electrons. The van der Waals surface area contributed by atoms with Crippen LogP contribution in [0.4, 0.5) is 23.2 Å². The van der Waals surface area contributed by atoms with E-state index in [0.29, 0.717) is 6.42 Å². The van der Waals surface area contributed by atoms with E-state index in [1.807, 2.05) is 0 Å². The van der Waals surface area contributed by atoms with Gasteiger partial charge in [0.2, 0.25) is 5.91 Å². The number of hydrogen-bond acceptors (Lipinski definition) is 1. The lowest BCUT2D eigenvalue weighted by atomic mass is 10.1. The molecule has 0 radical (unpaired) electrons. The van der Waals surface area contributed by atoms with Crippen LogP contribution in [0.25, 0.3) is 0 Å². The van der Waals surface area contributed by atoms with E-state index < -0.39 is 35.0 Å². The smallest absolute Gasteiger partial charge is 0.228 e. The zero-order chi connectivity index (χ0) is 15.9. The summed E-state index contributed by atoms with van der Waals surface area (Å²) >= 11 is 0. The minimum atomic E-state index is -1.62. The van der Waals surface area contributed by atoms with E-state index in [4.69, 9.17) is 0 Å². The Morgan fingerprint density at radius 1 is 0.955 bits per heavy atom. The van der Waals surface area contributed by atoms with Gasteiger partial charge in [-0.15, -0.1) is 0 Å². The molecule has 0 saturated heterocycles. The van der Waals surface area contributed by atoms with Crippen LogP contribution in [0.3, 0.4) is 0 Å². The first kappa shape index (κ1) is 14.6. The van der Waals surface area contributed by atoms with Gasteiger partial charge in [0.05, 0.1) is 5.69 Å². The minimum Gasteiger partial charge on any atom is -0.323 e. The number of benzene rings is 2. The lowest BCUT2D eigenvalue weighted by Gasteiger charge is -2.07. The third-order valence-corrected chi connectivity index (χ3v) is 3.72. The van der Waals surface area contributed by atoms with Crippen LogP contribution in [0.2, 0.25) is 0 Å². The number of carbonyl (C=O) groups is 1. The van der Waals surface area contributed by atoms with E-state index in [1.54, 1.807) is 12.1 Å². The summed E-state index contributed by atoms with van der Waals surface area (Å²) in [6, 6.07) is 7.51. The Balaban J connectivity index is 1.69. The van der Waals surface area contributed by atoms with Crippen molar-refractivity contribution >= 4 is 11.6 Å². The molecule has 3 rings (SSSR count). The van der Waals surface area contributed by atoms with Gasteiger partial charge in [0, 0.05) is 5.92 Å². The number of amides is 1. The van der Waals surface area contributed by atoms with Gasteiger partial charge in [0.1, 0.15) is 5.82 Å². The molecule has 6 heteroatoms. The van der Waals surface area contributed by atoms with Crippen molar-refractivity contribution < 1.29 is 22.4 Å². The number of anilines is 1. The monoisotopic (exact) mass is 309 g/mol. The fraction of sp³-hybridized carbons (Fsp3) is 0.188. The number of halogens is 4. The van der Waals surface area contributed by atoms with Crippen molar-refractivity contribution in [3.05, 3.63) is 65.2 Å². The molecule has 2 aromatic carbocycles.